The number of hydrogen-bond acceptors (Lipinski definition) is 2. The van der Waals surface area contributed by atoms with Crippen LogP contribution in [0.1, 0.15) is 15.9 Å². The molecule has 0 aliphatic rings. The van der Waals surface area contributed by atoms with Gasteiger partial charge in [-0.3, -0.25) is 4.79 Å². The summed E-state index contributed by atoms with van der Waals surface area (Å²) in [5.41, 5.74) is 0.299. The van der Waals surface area contributed by atoms with Crippen LogP contribution in [0.15, 0.2) is 46.9 Å². The quantitative estimate of drug-likeness (QED) is 0.757. The Bertz CT molecular complexity index is 709. The maximum atomic E-state index is 13.8. The fourth-order valence-corrected chi connectivity index (χ4v) is 2.45. The van der Waals surface area contributed by atoms with E-state index in [1.165, 1.54) is 36.2 Å². The van der Waals surface area contributed by atoms with Crippen LogP contribution < -0.4 is 4.74 Å². The molecule has 0 heterocycles. The number of carbonyl (C=O) groups excluding carboxylic acids is 1. The van der Waals surface area contributed by atoms with Gasteiger partial charge in [-0.1, -0.05) is 28.1 Å². The first kappa shape index (κ1) is 17.3. The van der Waals surface area contributed by atoms with Crippen molar-refractivity contribution >= 4 is 21.8 Å². The van der Waals surface area contributed by atoms with Crippen molar-refractivity contribution in [2.75, 3.05) is 7.05 Å². The van der Waals surface area contributed by atoms with E-state index in [9.17, 15) is 18.0 Å². The maximum absolute atomic E-state index is 13.8. The number of amides is 1. The molecule has 0 atom stereocenters. The van der Waals surface area contributed by atoms with Gasteiger partial charge in [0.15, 0.2) is 0 Å². The smallest absolute Gasteiger partial charge is 0.387 e. The zero-order valence-electron chi connectivity index (χ0n) is 12.1. The minimum absolute atomic E-state index is 0.00683. The molecule has 0 aliphatic carbocycles. The van der Waals surface area contributed by atoms with Crippen LogP contribution in [0.3, 0.4) is 0 Å². The number of carbonyl (C=O) groups is 1. The molecule has 0 aromatic heterocycles. The standard InChI is InChI=1S/C16H13BrF3NO2/c1-21(9-10-8-11(17)6-7-13(10)18)15(22)12-4-2-3-5-14(12)23-16(19)20/h2-8,16H,9H2,1H3. The number of rotatable bonds is 5. The van der Waals surface area contributed by atoms with Gasteiger partial charge in [-0.25, -0.2) is 4.39 Å². The van der Waals surface area contributed by atoms with Gasteiger partial charge in [-0.05, 0) is 30.3 Å². The number of halogens is 4. The first-order valence-electron chi connectivity index (χ1n) is 6.61. The lowest BCUT2D eigenvalue weighted by molar-refractivity contribution is -0.0502. The molecule has 2 rings (SSSR count). The van der Waals surface area contributed by atoms with Crippen LogP contribution in [-0.4, -0.2) is 24.5 Å². The van der Waals surface area contributed by atoms with Gasteiger partial charge >= 0.3 is 6.61 Å². The van der Waals surface area contributed by atoms with E-state index in [0.29, 0.717) is 10.0 Å². The van der Waals surface area contributed by atoms with Crippen LogP contribution in [0.5, 0.6) is 5.75 Å². The highest BCUT2D eigenvalue weighted by Gasteiger charge is 2.19. The average molecular weight is 388 g/mol. The summed E-state index contributed by atoms with van der Waals surface area (Å²) in [7, 11) is 1.46. The SMILES string of the molecule is CN(Cc1cc(Br)ccc1F)C(=O)c1ccccc1OC(F)F. The normalized spacial score (nSPS) is 10.7. The van der Waals surface area contributed by atoms with Gasteiger partial charge in [0.2, 0.25) is 0 Å². The molecule has 0 fully saturated rings. The van der Waals surface area contributed by atoms with Gasteiger partial charge in [0, 0.05) is 23.6 Å². The number of hydrogen-bond donors (Lipinski definition) is 0. The highest BCUT2D eigenvalue weighted by Crippen LogP contribution is 2.23. The molecular formula is C16H13BrF3NO2. The van der Waals surface area contributed by atoms with Crippen LogP contribution >= 0.6 is 15.9 Å². The van der Waals surface area contributed by atoms with E-state index in [1.807, 2.05) is 0 Å². The van der Waals surface area contributed by atoms with Crippen molar-refractivity contribution in [1.29, 1.82) is 0 Å². The summed E-state index contributed by atoms with van der Waals surface area (Å²) in [6.07, 6.45) is 0. The fourth-order valence-electron chi connectivity index (χ4n) is 2.04. The van der Waals surface area contributed by atoms with Crippen LogP contribution in [0.25, 0.3) is 0 Å². The predicted octanol–water partition coefficient (Wildman–Crippen LogP) is 4.46. The van der Waals surface area contributed by atoms with Crippen molar-refractivity contribution in [3.05, 3.63) is 63.9 Å². The van der Waals surface area contributed by atoms with E-state index in [0.717, 1.165) is 0 Å². The topological polar surface area (TPSA) is 29.5 Å². The molecule has 23 heavy (non-hydrogen) atoms. The molecule has 0 saturated carbocycles. The van der Waals surface area contributed by atoms with Gasteiger partial charge < -0.3 is 9.64 Å². The summed E-state index contributed by atoms with van der Waals surface area (Å²) in [6, 6.07) is 10.1. The Balaban J connectivity index is 2.21. The molecule has 0 bridgehead atoms. The zero-order valence-corrected chi connectivity index (χ0v) is 13.7. The van der Waals surface area contributed by atoms with Crippen molar-refractivity contribution in [2.24, 2.45) is 0 Å². The van der Waals surface area contributed by atoms with Crippen molar-refractivity contribution in [3.63, 3.8) is 0 Å². The molecule has 0 N–H and O–H groups in total. The Morgan fingerprint density at radius 3 is 2.65 bits per heavy atom. The Labute approximate surface area is 139 Å². The molecule has 2 aromatic carbocycles. The molecular weight excluding hydrogens is 375 g/mol. The largest absolute Gasteiger partial charge is 0.434 e. The van der Waals surface area contributed by atoms with Crippen LogP contribution in [0.2, 0.25) is 0 Å². The summed E-state index contributed by atoms with van der Waals surface area (Å²) >= 11 is 3.23. The maximum Gasteiger partial charge on any atom is 0.387 e. The molecule has 122 valence electrons. The number of nitrogens with zero attached hydrogens (tertiary/aromatic N) is 1. The minimum Gasteiger partial charge on any atom is -0.434 e. The highest BCUT2D eigenvalue weighted by atomic mass is 79.9. The van der Waals surface area contributed by atoms with Crippen LogP contribution in [0, 0.1) is 5.82 Å². The van der Waals surface area contributed by atoms with Gasteiger partial charge in [0.1, 0.15) is 11.6 Å². The third-order valence-electron chi connectivity index (χ3n) is 3.10. The first-order chi connectivity index (χ1) is 10.9. The van der Waals surface area contributed by atoms with Crippen molar-refractivity contribution in [1.82, 2.24) is 4.90 Å². The Kier molecular flexibility index (Phi) is 5.65. The Morgan fingerprint density at radius 2 is 1.96 bits per heavy atom. The molecule has 0 saturated heterocycles. The second kappa shape index (κ2) is 7.50. The van der Waals surface area contributed by atoms with E-state index in [-0.39, 0.29) is 17.9 Å². The molecule has 1 amide bonds. The second-order valence-electron chi connectivity index (χ2n) is 4.77. The molecule has 2 aromatic rings. The average Bonchev–Trinajstić information content (AvgIpc) is 2.50. The monoisotopic (exact) mass is 387 g/mol. The summed E-state index contributed by atoms with van der Waals surface area (Å²) in [6.45, 7) is -3.04. The molecule has 0 aliphatic heterocycles. The van der Waals surface area contributed by atoms with Crippen LogP contribution in [-0.2, 0) is 6.54 Å². The number of alkyl halides is 2. The van der Waals surface area contributed by atoms with E-state index < -0.39 is 18.3 Å². The first-order valence-corrected chi connectivity index (χ1v) is 7.41. The van der Waals surface area contributed by atoms with E-state index in [1.54, 1.807) is 18.2 Å². The highest BCUT2D eigenvalue weighted by molar-refractivity contribution is 9.10. The summed E-state index contributed by atoms with van der Waals surface area (Å²) < 4.78 is 43.6. The van der Waals surface area contributed by atoms with E-state index in [2.05, 4.69) is 20.7 Å². The minimum atomic E-state index is -3.03. The zero-order chi connectivity index (χ0) is 17.0. The number of ether oxygens (including phenoxy) is 1. The number of para-hydroxylation sites is 1. The Morgan fingerprint density at radius 1 is 1.26 bits per heavy atom. The van der Waals surface area contributed by atoms with Gasteiger partial charge in [0.25, 0.3) is 5.91 Å². The third kappa shape index (κ3) is 4.48. The third-order valence-corrected chi connectivity index (χ3v) is 3.59. The molecule has 0 radical (unpaired) electrons. The molecule has 0 spiro atoms. The molecule has 3 nitrogen and oxygen atoms in total. The molecule has 7 heteroatoms. The fraction of sp³-hybridized carbons (Fsp3) is 0.188. The van der Waals surface area contributed by atoms with E-state index in [4.69, 9.17) is 0 Å². The van der Waals surface area contributed by atoms with Crippen molar-refractivity contribution in [3.8, 4) is 5.75 Å². The van der Waals surface area contributed by atoms with Crippen molar-refractivity contribution in [2.45, 2.75) is 13.2 Å². The summed E-state index contributed by atoms with van der Waals surface area (Å²) in [5.74, 6) is -1.21. The number of benzene rings is 2. The predicted molar refractivity (Wildman–Crippen MR) is 83.0 cm³/mol. The van der Waals surface area contributed by atoms with Gasteiger partial charge in [0.05, 0.1) is 5.56 Å². The van der Waals surface area contributed by atoms with Gasteiger partial charge in [-0.15, -0.1) is 0 Å². The second-order valence-corrected chi connectivity index (χ2v) is 5.69. The van der Waals surface area contributed by atoms with Gasteiger partial charge in [-0.2, -0.15) is 8.78 Å². The van der Waals surface area contributed by atoms with Crippen LogP contribution in [0.4, 0.5) is 13.2 Å². The molecule has 0 unspecified atom stereocenters. The van der Waals surface area contributed by atoms with E-state index >= 15 is 0 Å². The Hall–Kier alpha value is -2.02. The lowest BCUT2D eigenvalue weighted by atomic mass is 10.1. The lowest BCUT2D eigenvalue weighted by Gasteiger charge is -2.19. The lowest BCUT2D eigenvalue weighted by Crippen LogP contribution is -2.27. The summed E-state index contributed by atoms with van der Waals surface area (Å²) in [4.78, 5) is 13.6. The summed E-state index contributed by atoms with van der Waals surface area (Å²) in [5, 5.41) is 0. The van der Waals surface area contributed by atoms with Crippen molar-refractivity contribution < 1.29 is 22.7 Å².